The van der Waals surface area contributed by atoms with Gasteiger partial charge in [-0.3, -0.25) is 0 Å². The van der Waals surface area contributed by atoms with Crippen molar-refractivity contribution in [1.82, 2.24) is 0 Å². The smallest absolute Gasteiger partial charge is 0.416 e. The number of halogens is 3. The van der Waals surface area contributed by atoms with Gasteiger partial charge in [0.1, 0.15) is 5.76 Å². The lowest BCUT2D eigenvalue weighted by Gasteiger charge is -2.37. The molecule has 0 amide bonds. The van der Waals surface area contributed by atoms with Crippen LogP contribution in [0.25, 0.3) is 11.3 Å². The molecule has 1 aliphatic rings. The molecule has 0 atom stereocenters. The highest BCUT2D eigenvalue weighted by atomic mass is 19.4. The van der Waals surface area contributed by atoms with E-state index in [4.69, 9.17) is 4.42 Å². The fourth-order valence-electron chi connectivity index (χ4n) is 3.38. The number of furan rings is 1. The van der Waals surface area contributed by atoms with Gasteiger partial charge in [-0.15, -0.1) is 0 Å². The third-order valence-electron chi connectivity index (χ3n) is 4.86. The van der Waals surface area contributed by atoms with E-state index in [2.05, 4.69) is 17.0 Å². The first-order valence-electron chi connectivity index (χ1n) is 8.82. The highest BCUT2D eigenvalue weighted by molar-refractivity contribution is 5.62. The molecule has 1 aromatic heterocycles. The van der Waals surface area contributed by atoms with E-state index in [9.17, 15) is 13.2 Å². The molecule has 27 heavy (non-hydrogen) atoms. The number of benzene rings is 2. The Morgan fingerprint density at radius 3 is 2.00 bits per heavy atom. The van der Waals surface area contributed by atoms with Gasteiger partial charge >= 0.3 is 6.18 Å². The molecular formula is C21H19F3N2O. The first-order valence-corrected chi connectivity index (χ1v) is 8.82. The second-order valence-corrected chi connectivity index (χ2v) is 6.55. The van der Waals surface area contributed by atoms with E-state index in [-0.39, 0.29) is 0 Å². The molecule has 0 bridgehead atoms. The molecule has 0 aliphatic carbocycles. The van der Waals surface area contributed by atoms with Crippen LogP contribution in [0.15, 0.2) is 71.3 Å². The van der Waals surface area contributed by atoms with Crippen molar-refractivity contribution in [2.45, 2.75) is 6.18 Å². The minimum atomic E-state index is -4.31. The van der Waals surface area contributed by atoms with Crippen molar-refractivity contribution in [2.75, 3.05) is 36.0 Å². The van der Waals surface area contributed by atoms with Crippen LogP contribution in [0.4, 0.5) is 24.5 Å². The van der Waals surface area contributed by atoms with Gasteiger partial charge in [0, 0.05) is 43.1 Å². The molecule has 1 saturated heterocycles. The fourth-order valence-corrected chi connectivity index (χ4v) is 3.38. The molecule has 0 spiro atoms. The molecule has 140 valence electrons. The van der Waals surface area contributed by atoms with Gasteiger partial charge in [0.25, 0.3) is 0 Å². The Balaban J connectivity index is 1.42. The standard InChI is InChI=1S/C21H19F3N2O/c22-21(23,24)17-3-1-4-19(15-17)26-12-10-25(11-13-26)18-8-6-16(7-9-18)20-5-2-14-27-20/h1-9,14-15H,10-13H2. The third kappa shape index (κ3) is 3.79. The predicted molar refractivity (Wildman–Crippen MR) is 100 cm³/mol. The SMILES string of the molecule is FC(F)(F)c1cccc(N2CCN(c3ccc(-c4ccco4)cc3)CC2)c1. The second-order valence-electron chi connectivity index (χ2n) is 6.55. The Kier molecular flexibility index (Phi) is 4.56. The molecule has 0 unspecified atom stereocenters. The zero-order chi connectivity index (χ0) is 18.9. The number of anilines is 2. The minimum absolute atomic E-state index is 0.601. The lowest BCUT2D eigenvalue weighted by molar-refractivity contribution is -0.137. The monoisotopic (exact) mass is 372 g/mol. The van der Waals surface area contributed by atoms with E-state index in [0.717, 1.165) is 36.2 Å². The van der Waals surface area contributed by atoms with E-state index >= 15 is 0 Å². The molecule has 3 nitrogen and oxygen atoms in total. The molecule has 3 aromatic rings. The van der Waals surface area contributed by atoms with Crippen molar-refractivity contribution in [3.63, 3.8) is 0 Å². The summed E-state index contributed by atoms with van der Waals surface area (Å²) >= 11 is 0. The summed E-state index contributed by atoms with van der Waals surface area (Å²) in [5, 5.41) is 0. The summed E-state index contributed by atoms with van der Waals surface area (Å²) < 4.78 is 44.2. The summed E-state index contributed by atoms with van der Waals surface area (Å²) in [4.78, 5) is 4.25. The largest absolute Gasteiger partial charge is 0.464 e. The van der Waals surface area contributed by atoms with Gasteiger partial charge in [0.2, 0.25) is 0 Å². The van der Waals surface area contributed by atoms with Gasteiger partial charge < -0.3 is 14.2 Å². The van der Waals surface area contributed by atoms with Crippen LogP contribution < -0.4 is 9.80 Å². The van der Waals surface area contributed by atoms with Crippen LogP contribution in [0.1, 0.15) is 5.56 Å². The summed E-state index contributed by atoms with van der Waals surface area (Å²) in [7, 11) is 0. The maximum Gasteiger partial charge on any atom is 0.416 e. The average Bonchev–Trinajstić information content (AvgIpc) is 3.23. The average molecular weight is 372 g/mol. The summed E-state index contributed by atoms with van der Waals surface area (Å²) in [5.74, 6) is 0.830. The third-order valence-corrected chi connectivity index (χ3v) is 4.86. The van der Waals surface area contributed by atoms with E-state index in [1.54, 1.807) is 12.3 Å². The van der Waals surface area contributed by atoms with Crippen LogP contribution in [0.2, 0.25) is 0 Å². The van der Waals surface area contributed by atoms with Gasteiger partial charge in [-0.1, -0.05) is 6.07 Å². The summed E-state index contributed by atoms with van der Waals surface area (Å²) in [6.07, 6.45) is -2.66. The number of hydrogen-bond donors (Lipinski definition) is 0. The number of hydrogen-bond acceptors (Lipinski definition) is 3. The molecule has 6 heteroatoms. The van der Waals surface area contributed by atoms with Crippen molar-refractivity contribution in [1.29, 1.82) is 0 Å². The maximum atomic E-state index is 12.9. The lowest BCUT2D eigenvalue weighted by Crippen LogP contribution is -2.46. The van der Waals surface area contributed by atoms with E-state index in [0.29, 0.717) is 18.8 Å². The van der Waals surface area contributed by atoms with Gasteiger partial charge in [-0.05, 0) is 54.6 Å². The van der Waals surface area contributed by atoms with Crippen LogP contribution in [0.5, 0.6) is 0 Å². The second kappa shape index (κ2) is 7.02. The van der Waals surface area contributed by atoms with Crippen molar-refractivity contribution in [3.05, 3.63) is 72.5 Å². The highest BCUT2D eigenvalue weighted by Crippen LogP contribution is 2.32. The Labute approximate surface area is 155 Å². The lowest BCUT2D eigenvalue weighted by atomic mass is 10.1. The van der Waals surface area contributed by atoms with Crippen LogP contribution in [-0.2, 0) is 6.18 Å². The molecule has 2 aromatic carbocycles. The van der Waals surface area contributed by atoms with Gasteiger partial charge in [0.05, 0.1) is 11.8 Å². The summed E-state index contributed by atoms with van der Waals surface area (Å²) in [6, 6.07) is 17.5. The molecular weight excluding hydrogens is 353 g/mol. The molecule has 4 rings (SSSR count). The first-order chi connectivity index (χ1) is 13.0. The Hall–Kier alpha value is -2.89. The van der Waals surface area contributed by atoms with Crippen LogP contribution >= 0.6 is 0 Å². The number of rotatable bonds is 3. The van der Waals surface area contributed by atoms with Gasteiger partial charge in [0.15, 0.2) is 0 Å². The molecule has 0 radical (unpaired) electrons. The van der Waals surface area contributed by atoms with E-state index in [1.807, 2.05) is 29.2 Å². The van der Waals surface area contributed by atoms with Crippen LogP contribution in [-0.4, -0.2) is 26.2 Å². The molecule has 0 saturated carbocycles. The molecule has 0 N–H and O–H groups in total. The molecule has 1 fully saturated rings. The minimum Gasteiger partial charge on any atom is -0.464 e. The van der Waals surface area contributed by atoms with Gasteiger partial charge in [-0.25, -0.2) is 0 Å². The number of piperazine rings is 1. The van der Waals surface area contributed by atoms with Crippen LogP contribution in [0, 0.1) is 0 Å². The van der Waals surface area contributed by atoms with Gasteiger partial charge in [-0.2, -0.15) is 13.2 Å². The Bertz CT molecular complexity index is 881. The first kappa shape index (κ1) is 17.5. The number of alkyl halides is 3. The van der Waals surface area contributed by atoms with Crippen molar-refractivity contribution in [3.8, 4) is 11.3 Å². The highest BCUT2D eigenvalue weighted by Gasteiger charge is 2.31. The quantitative estimate of drug-likeness (QED) is 0.623. The Morgan fingerprint density at radius 1 is 0.741 bits per heavy atom. The fraction of sp³-hybridized carbons (Fsp3) is 0.238. The maximum absolute atomic E-state index is 12.9. The van der Waals surface area contributed by atoms with Crippen LogP contribution in [0.3, 0.4) is 0 Å². The van der Waals surface area contributed by atoms with E-state index in [1.165, 1.54) is 12.1 Å². The summed E-state index contributed by atoms with van der Waals surface area (Å²) in [6.45, 7) is 2.88. The number of nitrogens with zero attached hydrogens (tertiary/aromatic N) is 2. The van der Waals surface area contributed by atoms with E-state index < -0.39 is 11.7 Å². The summed E-state index contributed by atoms with van der Waals surface area (Å²) in [5.41, 5.74) is 2.15. The van der Waals surface area contributed by atoms with Crippen molar-refractivity contribution >= 4 is 11.4 Å². The topological polar surface area (TPSA) is 19.6 Å². The van der Waals surface area contributed by atoms with Crippen molar-refractivity contribution < 1.29 is 17.6 Å². The van der Waals surface area contributed by atoms with Crippen molar-refractivity contribution in [2.24, 2.45) is 0 Å². The zero-order valence-corrected chi connectivity index (χ0v) is 14.6. The zero-order valence-electron chi connectivity index (χ0n) is 14.6. The molecule has 2 heterocycles. The normalized spacial score (nSPS) is 15.2. The predicted octanol–water partition coefficient (Wildman–Crippen LogP) is 5.29. The Morgan fingerprint density at radius 2 is 1.41 bits per heavy atom. The molecule has 1 aliphatic heterocycles.